The predicted octanol–water partition coefficient (Wildman–Crippen LogP) is 1.30. The second-order valence-corrected chi connectivity index (χ2v) is 4.77. The maximum atomic E-state index is 5.71. The third-order valence-corrected chi connectivity index (χ3v) is 3.72. The van der Waals surface area contributed by atoms with E-state index in [0.717, 1.165) is 23.9 Å². The van der Waals surface area contributed by atoms with E-state index in [-0.39, 0.29) is 0 Å². The lowest BCUT2D eigenvalue weighted by Gasteiger charge is -2.03. The summed E-state index contributed by atoms with van der Waals surface area (Å²) in [6.45, 7) is 0. The molecule has 0 amide bonds. The van der Waals surface area contributed by atoms with E-state index in [1.165, 1.54) is 17.9 Å². The normalized spacial score (nSPS) is 22.4. The predicted molar refractivity (Wildman–Crippen MR) is 56.8 cm³/mol. The topological polar surface area (TPSA) is 43.8 Å². The van der Waals surface area contributed by atoms with Gasteiger partial charge >= 0.3 is 0 Å². The lowest BCUT2D eigenvalue weighted by atomic mass is 10.0. The van der Waals surface area contributed by atoms with Crippen molar-refractivity contribution in [3.63, 3.8) is 0 Å². The quantitative estimate of drug-likeness (QED) is 0.777. The number of nitrogen functional groups attached to an aromatic ring is 1. The van der Waals surface area contributed by atoms with Gasteiger partial charge in [0.25, 0.3) is 0 Å². The third-order valence-electron chi connectivity index (χ3n) is 2.49. The van der Waals surface area contributed by atoms with E-state index < -0.39 is 0 Å². The minimum absolute atomic E-state index is 0.764. The van der Waals surface area contributed by atoms with Crippen LogP contribution in [0.1, 0.15) is 12.1 Å². The molecule has 1 aliphatic heterocycles. The smallest absolute Gasteiger partial charge is 0.121 e. The van der Waals surface area contributed by atoms with Crippen LogP contribution in [0.5, 0.6) is 0 Å². The first-order chi connectivity index (χ1) is 6.25. The van der Waals surface area contributed by atoms with Crippen molar-refractivity contribution in [1.29, 1.82) is 0 Å². The Morgan fingerprint density at radius 2 is 2.62 bits per heavy atom. The van der Waals surface area contributed by atoms with E-state index in [1.54, 1.807) is 4.68 Å². The number of aryl methyl sites for hydroxylation is 1. The molecule has 1 atom stereocenters. The first-order valence-electron chi connectivity index (χ1n) is 4.62. The van der Waals surface area contributed by atoms with Crippen molar-refractivity contribution in [2.24, 2.45) is 13.0 Å². The lowest BCUT2D eigenvalue weighted by molar-refractivity contribution is 0.579. The molecule has 0 saturated carbocycles. The Hall–Kier alpha value is -0.640. The van der Waals surface area contributed by atoms with Crippen LogP contribution < -0.4 is 5.73 Å². The van der Waals surface area contributed by atoms with Gasteiger partial charge in [-0.2, -0.15) is 16.9 Å². The molecule has 1 aliphatic rings. The Kier molecular flexibility index (Phi) is 2.49. The van der Waals surface area contributed by atoms with E-state index in [0.29, 0.717) is 0 Å². The summed E-state index contributed by atoms with van der Waals surface area (Å²) < 4.78 is 1.75. The van der Waals surface area contributed by atoms with E-state index in [9.17, 15) is 0 Å². The van der Waals surface area contributed by atoms with Crippen LogP contribution in [0.25, 0.3) is 0 Å². The summed E-state index contributed by atoms with van der Waals surface area (Å²) in [6, 6.07) is 1.99. The Balaban J connectivity index is 2.00. The molecule has 72 valence electrons. The Morgan fingerprint density at radius 1 is 1.77 bits per heavy atom. The van der Waals surface area contributed by atoms with Gasteiger partial charge in [-0.25, -0.2) is 0 Å². The molecular weight excluding hydrogens is 182 g/mol. The highest BCUT2D eigenvalue weighted by Gasteiger charge is 2.17. The number of hydrogen-bond donors (Lipinski definition) is 1. The number of thioether (sulfide) groups is 1. The largest absolute Gasteiger partial charge is 0.384 e. The molecule has 3 nitrogen and oxygen atoms in total. The minimum atomic E-state index is 0.764. The number of hydrogen-bond acceptors (Lipinski definition) is 3. The fourth-order valence-electron chi connectivity index (χ4n) is 1.68. The molecular formula is C9H15N3S. The van der Waals surface area contributed by atoms with Crippen LogP contribution >= 0.6 is 11.8 Å². The molecule has 4 heteroatoms. The maximum Gasteiger partial charge on any atom is 0.121 e. The molecule has 2 heterocycles. The van der Waals surface area contributed by atoms with Gasteiger partial charge in [0, 0.05) is 13.1 Å². The number of rotatable bonds is 2. The Bertz CT molecular complexity index is 270. The first kappa shape index (κ1) is 8.94. The van der Waals surface area contributed by atoms with Crippen molar-refractivity contribution in [2.45, 2.75) is 12.8 Å². The number of nitrogens with two attached hydrogens (primary N) is 1. The van der Waals surface area contributed by atoms with Crippen molar-refractivity contribution < 1.29 is 0 Å². The van der Waals surface area contributed by atoms with Crippen molar-refractivity contribution in [3.05, 3.63) is 11.8 Å². The van der Waals surface area contributed by atoms with Gasteiger partial charge in [0.2, 0.25) is 0 Å². The molecule has 0 aromatic carbocycles. The molecule has 1 unspecified atom stereocenters. The van der Waals surface area contributed by atoms with E-state index >= 15 is 0 Å². The molecule has 1 aromatic rings. The number of nitrogens with zero attached hydrogens (tertiary/aromatic N) is 2. The van der Waals surface area contributed by atoms with Crippen LogP contribution in [0.15, 0.2) is 6.07 Å². The summed E-state index contributed by atoms with van der Waals surface area (Å²) in [6.07, 6.45) is 2.43. The fourth-order valence-corrected chi connectivity index (χ4v) is 2.97. The van der Waals surface area contributed by atoms with Crippen molar-refractivity contribution >= 4 is 17.6 Å². The summed E-state index contributed by atoms with van der Waals surface area (Å²) in [5.74, 6) is 4.18. The molecule has 1 fully saturated rings. The summed E-state index contributed by atoms with van der Waals surface area (Å²) in [5.41, 5.74) is 6.86. The highest BCUT2D eigenvalue weighted by Crippen LogP contribution is 2.26. The molecule has 2 N–H and O–H groups in total. The van der Waals surface area contributed by atoms with Gasteiger partial charge in [-0.1, -0.05) is 0 Å². The van der Waals surface area contributed by atoms with Crippen LogP contribution in [0.2, 0.25) is 0 Å². The average molecular weight is 197 g/mol. The standard InChI is InChI=1S/C9H15N3S/c1-12-9(10)5-8(11-12)4-7-2-3-13-6-7/h5,7H,2-4,6,10H2,1H3. The summed E-state index contributed by atoms with van der Waals surface area (Å²) in [7, 11) is 1.89. The highest BCUT2D eigenvalue weighted by atomic mass is 32.2. The van der Waals surface area contributed by atoms with Crippen LogP contribution in [0.3, 0.4) is 0 Å². The molecule has 1 saturated heterocycles. The van der Waals surface area contributed by atoms with E-state index in [1.807, 2.05) is 24.9 Å². The maximum absolute atomic E-state index is 5.71. The van der Waals surface area contributed by atoms with E-state index in [4.69, 9.17) is 5.73 Å². The summed E-state index contributed by atoms with van der Waals surface area (Å²) in [5, 5.41) is 4.36. The van der Waals surface area contributed by atoms with Crippen molar-refractivity contribution in [2.75, 3.05) is 17.2 Å². The van der Waals surface area contributed by atoms with Crippen LogP contribution in [0, 0.1) is 5.92 Å². The summed E-state index contributed by atoms with van der Waals surface area (Å²) in [4.78, 5) is 0. The molecule has 1 aromatic heterocycles. The fraction of sp³-hybridized carbons (Fsp3) is 0.667. The molecule has 0 aliphatic carbocycles. The van der Waals surface area contributed by atoms with Crippen molar-refractivity contribution in [1.82, 2.24) is 9.78 Å². The van der Waals surface area contributed by atoms with Gasteiger partial charge in [-0.05, 0) is 30.3 Å². The van der Waals surface area contributed by atoms with Gasteiger partial charge in [0.1, 0.15) is 5.82 Å². The molecule has 13 heavy (non-hydrogen) atoms. The van der Waals surface area contributed by atoms with Gasteiger partial charge < -0.3 is 5.73 Å². The zero-order valence-electron chi connectivity index (χ0n) is 7.86. The SMILES string of the molecule is Cn1nc(CC2CCSC2)cc1N. The van der Waals surface area contributed by atoms with E-state index in [2.05, 4.69) is 5.10 Å². The number of anilines is 1. The van der Waals surface area contributed by atoms with Crippen LogP contribution in [-0.2, 0) is 13.5 Å². The van der Waals surface area contributed by atoms with Gasteiger partial charge in [0.05, 0.1) is 5.69 Å². The summed E-state index contributed by atoms with van der Waals surface area (Å²) >= 11 is 2.05. The molecule has 0 spiro atoms. The zero-order valence-corrected chi connectivity index (χ0v) is 8.68. The van der Waals surface area contributed by atoms with Crippen LogP contribution in [-0.4, -0.2) is 21.3 Å². The molecule has 2 rings (SSSR count). The van der Waals surface area contributed by atoms with Crippen molar-refractivity contribution in [3.8, 4) is 0 Å². The third kappa shape index (κ3) is 1.99. The average Bonchev–Trinajstić information content (AvgIpc) is 2.64. The second-order valence-electron chi connectivity index (χ2n) is 3.62. The van der Waals surface area contributed by atoms with Gasteiger partial charge in [-0.3, -0.25) is 4.68 Å². The zero-order chi connectivity index (χ0) is 9.26. The minimum Gasteiger partial charge on any atom is -0.384 e. The highest BCUT2D eigenvalue weighted by molar-refractivity contribution is 7.99. The lowest BCUT2D eigenvalue weighted by Crippen LogP contribution is -2.03. The van der Waals surface area contributed by atoms with Gasteiger partial charge in [0.15, 0.2) is 0 Å². The Morgan fingerprint density at radius 3 is 3.15 bits per heavy atom. The van der Waals surface area contributed by atoms with Crippen LogP contribution in [0.4, 0.5) is 5.82 Å². The first-order valence-corrected chi connectivity index (χ1v) is 5.77. The number of aromatic nitrogens is 2. The Labute approximate surface area is 82.7 Å². The monoisotopic (exact) mass is 197 g/mol. The van der Waals surface area contributed by atoms with Gasteiger partial charge in [-0.15, -0.1) is 0 Å². The molecule has 0 bridgehead atoms. The molecule has 0 radical (unpaired) electrons. The second kappa shape index (κ2) is 3.62.